The molecule has 0 aliphatic carbocycles. The summed E-state index contributed by atoms with van der Waals surface area (Å²) in [6.07, 6.45) is 3.37. The molecule has 0 unspecified atom stereocenters. The Bertz CT molecular complexity index is 1030. The highest BCUT2D eigenvalue weighted by molar-refractivity contribution is 14.1. The van der Waals surface area contributed by atoms with Crippen molar-refractivity contribution >= 4 is 51.6 Å². The van der Waals surface area contributed by atoms with Gasteiger partial charge in [-0.2, -0.15) is 5.26 Å². The van der Waals surface area contributed by atoms with Gasteiger partial charge in [0, 0.05) is 0 Å². The lowest BCUT2D eigenvalue weighted by Gasteiger charge is -2.13. The van der Waals surface area contributed by atoms with E-state index in [9.17, 15) is 14.9 Å². The molecule has 0 spiro atoms. The van der Waals surface area contributed by atoms with Gasteiger partial charge in [0.15, 0.2) is 0 Å². The van der Waals surface area contributed by atoms with Crippen LogP contribution in [0.5, 0.6) is 5.75 Å². The van der Waals surface area contributed by atoms with E-state index in [4.69, 9.17) is 4.74 Å². The number of halogens is 1. The standard InChI is InChI=1S/C21H15IN2O3S/c1-2-9-27-18-8-7-14(10-17(18)22)11-19-20(25)24(21(26)28-19)13-16-6-4-3-5-15(16)12-23/h2-8,10-11H,1,9,13H2/b19-11+. The predicted molar refractivity (Wildman–Crippen MR) is 118 cm³/mol. The molecular formula is C21H15IN2O3S. The molecule has 1 aliphatic rings. The summed E-state index contributed by atoms with van der Waals surface area (Å²) >= 11 is 3.06. The Morgan fingerprint density at radius 3 is 2.75 bits per heavy atom. The minimum Gasteiger partial charge on any atom is -0.488 e. The molecule has 7 heteroatoms. The van der Waals surface area contributed by atoms with Crippen LogP contribution in [0.2, 0.25) is 0 Å². The van der Waals surface area contributed by atoms with E-state index >= 15 is 0 Å². The summed E-state index contributed by atoms with van der Waals surface area (Å²) in [5.74, 6) is 0.378. The predicted octanol–water partition coefficient (Wildman–Crippen LogP) is 4.96. The number of thioether (sulfide) groups is 1. The Morgan fingerprint density at radius 1 is 1.25 bits per heavy atom. The molecule has 0 N–H and O–H groups in total. The Kier molecular flexibility index (Phi) is 6.54. The molecule has 28 heavy (non-hydrogen) atoms. The topological polar surface area (TPSA) is 70.4 Å². The van der Waals surface area contributed by atoms with Gasteiger partial charge in [-0.15, -0.1) is 0 Å². The molecular weight excluding hydrogens is 487 g/mol. The Labute approximate surface area is 180 Å². The normalized spacial score (nSPS) is 15.0. The van der Waals surface area contributed by atoms with Crippen LogP contribution in [0.4, 0.5) is 4.79 Å². The number of nitriles is 1. The third-order valence-corrected chi connectivity index (χ3v) is 5.70. The zero-order valence-electron chi connectivity index (χ0n) is 14.7. The van der Waals surface area contributed by atoms with E-state index in [-0.39, 0.29) is 17.7 Å². The second-order valence-electron chi connectivity index (χ2n) is 5.83. The van der Waals surface area contributed by atoms with Gasteiger partial charge in [0.25, 0.3) is 11.1 Å². The molecule has 0 aromatic heterocycles. The fourth-order valence-corrected chi connectivity index (χ4v) is 4.13. The largest absolute Gasteiger partial charge is 0.488 e. The van der Waals surface area contributed by atoms with Crippen LogP contribution < -0.4 is 4.74 Å². The van der Waals surface area contributed by atoms with E-state index in [2.05, 4.69) is 35.2 Å². The molecule has 1 fully saturated rings. The zero-order valence-corrected chi connectivity index (χ0v) is 17.7. The molecule has 140 valence electrons. The molecule has 2 amide bonds. The molecule has 2 aromatic carbocycles. The van der Waals surface area contributed by atoms with Gasteiger partial charge < -0.3 is 4.74 Å². The van der Waals surface area contributed by atoms with E-state index in [0.717, 1.165) is 26.6 Å². The maximum atomic E-state index is 12.7. The smallest absolute Gasteiger partial charge is 0.293 e. The summed E-state index contributed by atoms with van der Waals surface area (Å²) in [5, 5.41) is 8.86. The van der Waals surface area contributed by atoms with Crippen LogP contribution in [0, 0.1) is 14.9 Å². The number of ether oxygens (including phenoxy) is 1. The molecule has 3 rings (SSSR count). The van der Waals surface area contributed by atoms with Gasteiger partial charge in [-0.05, 0) is 69.8 Å². The number of rotatable bonds is 6. The van der Waals surface area contributed by atoms with Crippen molar-refractivity contribution < 1.29 is 14.3 Å². The summed E-state index contributed by atoms with van der Waals surface area (Å²) in [4.78, 5) is 26.6. The molecule has 1 heterocycles. The molecule has 2 aromatic rings. The van der Waals surface area contributed by atoms with Crippen LogP contribution in [0.3, 0.4) is 0 Å². The van der Waals surface area contributed by atoms with Crippen LogP contribution in [-0.2, 0) is 11.3 Å². The zero-order chi connectivity index (χ0) is 20.1. The van der Waals surface area contributed by atoms with Crippen molar-refractivity contribution in [2.45, 2.75) is 6.54 Å². The molecule has 0 saturated carbocycles. The summed E-state index contributed by atoms with van der Waals surface area (Å²) in [7, 11) is 0. The first kappa shape index (κ1) is 20.2. The van der Waals surface area contributed by atoms with Crippen LogP contribution >= 0.6 is 34.4 Å². The average molecular weight is 502 g/mol. The lowest BCUT2D eigenvalue weighted by Crippen LogP contribution is -2.27. The first-order chi connectivity index (χ1) is 13.5. The van der Waals surface area contributed by atoms with E-state index in [0.29, 0.717) is 22.6 Å². The van der Waals surface area contributed by atoms with Gasteiger partial charge in [-0.1, -0.05) is 36.9 Å². The van der Waals surface area contributed by atoms with Crippen molar-refractivity contribution in [2.75, 3.05) is 6.61 Å². The summed E-state index contributed by atoms with van der Waals surface area (Å²) in [6, 6.07) is 14.6. The van der Waals surface area contributed by atoms with Crippen LogP contribution in [0.1, 0.15) is 16.7 Å². The second kappa shape index (κ2) is 9.08. The van der Waals surface area contributed by atoms with Gasteiger partial charge in [-0.25, -0.2) is 0 Å². The molecule has 0 radical (unpaired) electrons. The Morgan fingerprint density at radius 2 is 2.04 bits per heavy atom. The monoisotopic (exact) mass is 502 g/mol. The molecule has 1 aliphatic heterocycles. The first-order valence-corrected chi connectivity index (χ1v) is 10.2. The number of carbonyl (C=O) groups excluding carboxylic acids is 2. The van der Waals surface area contributed by atoms with E-state index in [1.807, 2.05) is 18.2 Å². The van der Waals surface area contributed by atoms with Crippen LogP contribution in [-0.4, -0.2) is 22.7 Å². The van der Waals surface area contributed by atoms with E-state index < -0.39 is 0 Å². The third-order valence-electron chi connectivity index (χ3n) is 3.95. The maximum absolute atomic E-state index is 12.7. The quantitative estimate of drug-likeness (QED) is 0.317. The van der Waals surface area contributed by atoms with Gasteiger partial charge in [0.05, 0.1) is 26.7 Å². The van der Waals surface area contributed by atoms with Crippen molar-refractivity contribution in [1.82, 2.24) is 4.90 Å². The van der Waals surface area contributed by atoms with Gasteiger partial charge in [0.1, 0.15) is 12.4 Å². The SMILES string of the molecule is C=CCOc1ccc(/C=C2/SC(=O)N(Cc3ccccc3C#N)C2=O)cc1I. The number of benzene rings is 2. The highest BCUT2D eigenvalue weighted by Gasteiger charge is 2.35. The van der Waals surface area contributed by atoms with Gasteiger partial charge in [0.2, 0.25) is 0 Å². The van der Waals surface area contributed by atoms with Crippen molar-refractivity contribution in [2.24, 2.45) is 0 Å². The maximum Gasteiger partial charge on any atom is 0.293 e. The summed E-state index contributed by atoms with van der Waals surface area (Å²) < 4.78 is 6.45. The summed E-state index contributed by atoms with van der Waals surface area (Å²) in [6.45, 7) is 4.12. The molecule has 0 bridgehead atoms. The molecule has 5 nitrogen and oxygen atoms in total. The number of nitrogens with zero attached hydrogens (tertiary/aromatic N) is 2. The second-order valence-corrected chi connectivity index (χ2v) is 7.98. The number of amides is 2. The lowest BCUT2D eigenvalue weighted by atomic mass is 10.1. The van der Waals surface area contributed by atoms with E-state index in [1.54, 1.807) is 36.4 Å². The average Bonchev–Trinajstić information content (AvgIpc) is 2.95. The number of hydrogen-bond acceptors (Lipinski definition) is 5. The van der Waals surface area contributed by atoms with Gasteiger partial charge >= 0.3 is 0 Å². The first-order valence-electron chi connectivity index (χ1n) is 8.30. The fourth-order valence-electron chi connectivity index (χ4n) is 2.60. The number of imide groups is 1. The Hall–Kier alpha value is -2.57. The van der Waals surface area contributed by atoms with Crippen molar-refractivity contribution in [3.05, 3.63) is 80.3 Å². The van der Waals surface area contributed by atoms with Crippen molar-refractivity contribution in [3.8, 4) is 11.8 Å². The minimum atomic E-state index is -0.357. The lowest BCUT2D eigenvalue weighted by molar-refractivity contribution is -0.123. The van der Waals surface area contributed by atoms with Crippen LogP contribution in [0.25, 0.3) is 6.08 Å². The third kappa shape index (κ3) is 4.46. The fraction of sp³-hybridized carbons (Fsp3) is 0.0952. The highest BCUT2D eigenvalue weighted by atomic mass is 127. The van der Waals surface area contributed by atoms with E-state index in [1.165, 1.54) is 4.90 Å². The minimum absolute atomic E-state index is 0.0810. The van der Waals surface area contributed by atoms with Gasteiger partial charge in [-0.3, -0.25) is 14.5 Å². The van der Waals surface area contributed by atoms with Crippen molar-refractivity contribution in [3.63, 3.8) is 0 Å². The Balaban J connectivity index is 1.80. The number of hydrogen-bond donors (Lipinski definition) is 0. The molecule has 1 saturated heterocycles. The van der Waals surface area contributed by atoms with Crippen LogP contribution in [0.15, 0.2) is 60.0 Å². The number of carbonyl (C=O) groups is 2. The molecule has 0 atom stereocenters. The van der Waals surface area contributed by atoms with Crippen molar-refractivity contribution in [1.29, 1.82) is 5.26 Å². The highest BCUT2D eigenvalue weighted by Crippen LogP contribution is 2.34. The summed E-state index contributed by atoms with van der Waals surface area (Å²) in [5.41, 5.74) is 1.90.